The van der Waals surface area contributed by atoms with Gasteiger partial charge in [0.2, 0.25) is 5.91 Å². The number of piperidine rings is 1. The van der Waals surface area contributed by atoms with E-state index >= 15 is 0 Å². The molecule has 1 amide bonds. The second kappa shape index (κ2) is 8.98. The first-order valence-corrected chi connectivity index (χ1v) is 9.48. The Labute approximate surface area is 132 Å². The third-order valence-corrected chi connectivity index (χ3v) is 5.29. The minimum absolute atomic E-state index is 0.260. The lowest BCUT2D eigenvalue weighted by Crippen LogP contribution is -2.54. The number of nitrogens with zero attached hydrogens (tertiary/aromatic N) is 3. The van der Waals surface area contributed by atoms with Gasteiger partial charge in [0.05, 0.1) is 6.61 Å². The summed E-state index contributed by atoms with van der Waals surface area (Å²) in [7, 11) is 0. The van der Waals surface area contributed by atoms with Crippen LogP contribution in [0.4, 0.5) is 0 Å². The smallest absolute Gasteiger partial charge is 0.223 e. The fourth-order valence-corrected chi connectivity index (χ4v) is 3.70. The van der Waals surface area contributed by atoms with Crippen molar-refractivity contribution in [1.82, 2.24) is 14.7 Å². The summed E-state index contributed by atoms with van der Waals surface area (Å²) >= 11 is 1.74. The molecule has 2 rings (SSSR count). The van der Waals surface area contributed by atoms with Gasteiger partial charge in [-0.15, -0.1) is 0 Å². The number of thioether (sulfide) groups is 1. The zero-order valence-corrected chi connectivity index (χ0v) is 14.0. The van der Waals surface area contributed by atoms with Crippen molar-refractivity contribution in [2.45, 2.75) is 25.3 Å². The number of piperazine rings is 1. The molecule has 0 unspecified atom stereocenters. The van der Waals surface area contributed by atoms with E-state index in [-0.39, 0.29) is 6.61 Å². The van der Waals surface area contributed by atoms with Crippen molar-refractivity contribution in [2.75, 3.05) is 64.4 Å². The molecule has 0 radical (unpaired) electrons. The molecule has 6 heteroatoms. The zero-order valence-electron chi connectivity index (χ0n) is 13.2. The lowest BCUT2D eigenvalue weighted by Gasteiger charge is -2.42. The number of hydrogen-bond acceptors (Lipinski definition) is 5. The normalized spacial score (nSPS) is 22.7. The summed E-state index contributed by atoms with van der Waals surface area (Å²) in [5.41, 5.74) is 0. The predicted octanol–water partition coefficient (Wildman–Crippen LogP) is 0.340. The first kappa shape index (κ1) is 17.1. The molecular weight excluding hydrogens is 286 g/mol. The fraction of sp³-hybridized carbons (Fsp3) is 0.933. The number of rotatable bonds is 6. The van der Waals surface area contributed by atoms with E-state index in [0.717, 1.165) is 64.4 Å². The highest BCUT2D eigenvalue weighted by Gasteiger charge is 2.28. The van der Waals surface area contributed by atoms with Gasteiger partial charge >= 0.3 is 0 Å². The van der Waals surface area contributed by atoms with Crippen LogP contribution >= 0.6 is 11.8 Å². The molecule has 2 heterocycles. The van der Waals surface area contributed by atoms with Gasteiger partial charge in [0.1, 0.15) is 0 Å². The van der Waals surface area contributed by atoms with Gasteiger partial charge < -0.3 is 10.0 Å². The molecule has 0 aromatic heterocycles. The lowest BCUT2D eigenvalue weighted by molar-refractivity contribution is -0.132. The minimum Gasteiger partial charge on any atom is -0.395 e. The van der Waals surface area contributed by atoms with Crippen LogP contribution in [-0.4, -0.2) is 96.2 Å². The first-order valence-electron chi connectivity index (χ1n) is 8.08. The van der Waals surface area contributed by atoms with Crippen molar-refractivity contribution >= 4 is 17.7 Å². The Kier molecular flexibility index (Phi) is 7.29. The van der Waals surface area contributed by atoms with E-state index in [9.17, 15) is 4.79 Å². The maximum absolute atomic E-state index is 12.0. The summed E-state index contributed by atoms with van der Waals surface area (Å²) < 4.78 is 0. The third-order valence-electron chi connectivity index (χ3n) is 4.68. The van der Waals surface area contributed by atoms with Crippen molar-refractivity contribution in [3.8, 4) is 0 Å². The van der Waals surface area contributed by atoms with Crippen LogP contribution < -0.4 is 0 Å². The molecule has 2 aliphatic heterocycles. The highest BCUT2D eigenvalue weighted by molar-refractivity contribution is 7.98. The van der Waals surface area contributed by atoms with E-state index in [1.54, 1.807) is 11.8 Å². The van der Waals surface area contributed by atoms with Gasteiger partial charge in [-0.25, -0.2) is 0 Å². The highest BCUT2D eigenvalue weighted by atomic mass is 32.2. The summed E-state index contributed by atoms with van der Waals surface area (Å²) in [6.45, 7) is 7.24. The van der Waals surface area contributed by atoms with E-state index < -0.39 is 0 Å². The van der Waals surface area contributed by atoms with Gasteiger partial charge in [-0.3, -0.25) is 14.6 Å². The first-order chi connectivity index (χ1) is 10.2. The third kappa shape index (κ3) is 5.13. The molecule has 0 spiro atoms. The number of hydrogen-bond donors (Lipinski definition) is 1. The summed E-state index contributed by atoms with van der Waals surface area (Å²) in [5.74, 6) is 1.27. The molecule has 0 saturated carbocycles. The molecule has 2 fully saturated rings. The van der Waals surface area contributed by atoms with Gasteiger partial charge in [-0.05, 0) is 19.1 Å². The Morgan fingerprint density at radius 3 is 2.38 bits per heavy atom. The predicted molar refractivity (Wildman–Crippen MR) is 87.7 cm³/mol. The topological polar surface area (TPSA) is 47.0 Å². The zero-order chi connectivity index (χ0) is 15.1. The highest BCUT2D eigenvalue weighted by Crippen LogP contribution is 2.19. The lowest BCUT2D eigenvalue weighted by atomic mass is 10.0. The molecule has 0 aromatic rings. The maximum Gasteiger partial charge on any atom is 0.223 e. The van der Waals surface area contributed by atoms with Crippen LogP contribution in [0.1, 0.15) is 19.3 Å². The molecule has 2 saturated heterocycles. The monoisotopic (exact) mass is 315 g/mol. The van der Waals surface area contributed by atoms with Crippen LogP contribution in [0.15, 0.2) is 0 Å². The second-order valence-corrected chi connectivity index (χ2v) is 6.94. The van der Waals surface area contributed by atoms with Crippen molar-refractivity contribution in [1.29, 1.82) is 0 Å². The SMILES string of the molecule is CSCCC(=O)N1CCC(N2CCN(CCO)CC2)CC1. The molecular formula is C15H29N3O2S. The van der Waals surface area contributed by atoms with Crippen LogP contribution in [0.5, 0.6) is 0 Å². The van der Waals surface area contributed by atoms with Crippen LogP contribution in [0.25, 0.3) is 0 Å². The van der Waals surface area contributed by atoms with Crippen LogP contribution in [-0.2, 0) is 4.79 Å². The number of likely N-dealkylation sites (tertiary alicyclic amines) is 1. The van der Waals surface area contributed by atoms with Crippen molar-refractivity contribution in [3.05, 3.63) is 0 Å². The summed E-state index contributed by atoms with van der Waals surface area (Å²) in [6.07, 6.45) is 4.97. The Bertz CT molecular complexity index is 314. The molecule has 0 atom stereocenters. The molecule has 0 aliphatic carbocycles. The van der Waals surface area contributed by atoms with E-state index in [4.69, 9.17) is 5.11 Å². The fourth-order valence-electron chi connectivity index (χ4n) is 3.32. The number of aliphatic hydroxyl groups is 1. The second-order valence-electron chi connectivity index (χ2n) is 5.96. The molecule has 1 N–H and O–H groups in total. The van der Waals surface area contributed by atoms with E-state index in [1.165, 1.54) is 0 Å². The summed E-state index contributed by atoms with van der Waals surface area (Å²) in [4.78, 5) is 19.0. The number of β-amino-alcohol motifs (C(OH)–C–C–N with tert-alkyl or cyclic N) is 1. The molecule has 21 heavy (non-hydrogen) atoms. The van der Waals surface area contributed by atoms with Gasteiger partial charge in [0.15, 0.2) is 0 Å². The molecule has 5 nitrogen and oxygen atoms in total. The van der Waals surface area contributed by atoms with Crippen molar-refractivity contribution in [3.63, 3.8) is 0 Å². The molecule has 0 aromatic carbocycles. The van der Waals surface area contributed by atoms with Crippen molar-refractivity contribution < 1.29 is 9.90 Å². The van der Waals surface area contributed by atoms with Crippen LogP contribution in [0, 0.1) is 0 Å². The van der Waals surface area contributed by atoms with Crippen molar-refractivity contribution in [2.24, 2.45) is 0 Å². The van der Waals surface area contributed by atoms with E-state index in [1.807, 2.05) is 0 Å². The van der Waals surface area contributed by atoms with Crippen LogP contribution in [0.2, 0.25) is 0 Å². The Hall–Kier alpha value is -0.300. The maximum atomic E-state index is 12.0. The standard InChI is InChI=1S/C15H29N3O2S/c1-21-13-4-15(20)18-5-2-14(3-6-18)17-9-7-16(8-10-17)11-12-19/h14,19H,2-13H2,1H3. The van der Waals surface area contributed by atoms with E-state index in [2.05, 4.69) is 21.0 Å². The average molecular weight is 315 g/mol. The summed E-state index contributed by atoms with van der Waals surface area (Å²) in [5, 5.41) is 8.98. The Balaban J connectivity index is 1.68. The summed E-state index contributed by atoms with van der Waals surface area (Å²) in [6, 6.07) is 0.644. The van der Waals surface area contributed by atoms with Gasteiger partial charge in [0, 0.05) is 64.0 Å². The quantitative estimate of drug-likeness (QED) is 0.766. The average Bonchev–Trinajstić information content (AvgIpc) is 2.54. The van der Waals surface area contributed by atoms with E-state index in [0.29, 0.717) is 18.4 Å². The van der Waals surface area contributed by atoms with Gasteiger partial charge in [0.25, 0.3) is 0 Å². The molecule has 122 valence electrons. The number of aliphatic hydroxyl groups excluding tert-OH is 1. The molecule has 2 aliphatic rings. The Morgan fingerprint density at radius 1 is 1.14 bits per heavy atom. The number of amides is 1. The Morgan fingerprint density at radius 2 is 1.81 bits per heavy atom. The number of carbonyl (C=O) groups is 1. The molecule has 0 bridgehead atoms. The number of carbonyl (C=O) groups excluding carboxylic acids is 1. The van der Waals surface area contributed by atoms with Gasteiger partial charge in [-0.2, -0.15) is 11.8 Å². The minimum atomic E-state index is 0.260. The van der Waals surface area contributed by atoms with Gasteiger partial charge in [-0.1, -0.05) is 0 Å². The largest absolute Gasteiger partial charge is 0.395 e. The van der Waals surface area contributed by atoms with Crippen LogP contribution in [0.3, 0.4) is 0 Å².